The van der Waals surface area contributed by atoms with Crippen LogP contribution < -0.4 is 10.5 Å². The fourth-order valence-electron chi connectivity index (χ4n) is 2.94. The molecule has 2 fully saturated rings. The average molecular weight is 315 g/mol. The molecule has 0 aromatic heterocycles. The van der Waals surface area contributed by atoms with E-state index in [1.165, 1.54) is 24.6 Å². The number of carbonyl (C=O) groups excluding carboxylic acids is 1. The van der Waals surface area contributed by atoms with Crippen LogP contribution in [0.1, 0.15) is 19.3 Å². The lowest BCUT2D eigenvalue weighted by atomic mass is 10.0. The van der Waals surface area contributed by atoms with Crippen LogP contribution in [0.4, 0.5) is 5.69 Å². The van der Waals surface area contributed by atoms with Crippen LogP contribution >= 0.6 is 11.6 Å². The summed E-state index contributed by atoms with van der Waals surface area (Å²) >= 11 is 5.99. The Morgan fingerprint density at radius 3 is 2.45 bits per heavy atom. The molecule has 2 aliphatic carbocycles. The lowest BCUT2D eigenvalue weighted by molar-refractivity contribution is -0.120. The van der Waals surface area contributed by atoms with Gasteiger partial charge in [0, 0.05) is 5.92 Å². The van der Waals surface area contributed by atoms with E-state index in [1.807, 2.05) is 0 Å². The second kappa shape index (κ2) is 4.72. The molecule has 0 aliphatic heterocycles. The van der Waals surface area contributed by atoms with Gasteiger partial charge in [0.25, 0.3) is 0 Å². The van der Waals surface area contributed by atoms with Crippen molar-refractivity contribution in [3.8, 4) is 0 Å². The first-order valence-electron chi connectivity index (χ1n) is 6.48. The Bertz CT molecular complexity index is 664. The minimum Gasteiger partial charge on any atom is -0.325 e. The van der Waals surface area contributed by atoms with E-state index in [2.05, 4.69) is 5.32 Å². The van der Waals surface area contributed by atoms with Crippen LogP contribution in [0.15, 0.2) is 23.1 Å². The minimum atomic E-state index is -3.78. The first-order chi connectivity index (χ1) is 9.34. The normalized spacial score (nSPS) is 28.0. The van der Waals surface area contributed by atoms with E-state index < -0.39 is 10.0 Å². The number of hydrogen-bond donors (Lipinski definition) is 2. The van der Waals surface area contributed by atoms with Gasteiger partial charge >= 0.3 is 0 Å². The van der Waals surface area contributed by atoms with Crippen molar-refractivity contribution in [1.29, 1.82) is 0 Å². The van der Waals surface area contributed by atoms with Gasteiger partial charge in [-0.3, -0.25) is 4.79 Å². The number of hydrogen-bond acceptors (Lipinski definition) is 3. The second-order valence-electron chi connectivity index (χ2n) is 5.60. The van der Waals surface area contributed by atoms with E-state index in [9.17, 15) is 13.2 Å². The van der Waals surface area contributed by atoms with Gasteiger partial charge in [-0.2, -0.15) is 0 Å². The molecule has 0 heterocycles. The summed E-state index contributed by atoms with van der Waals surface area (Å²) in [6.07, 6.45) is 3.15. The fraction of sp³-hybridized carbons (Fsp3) is 0.462. The number of rotatable bonds is 3. The van der Waals surface area contributed by atoms with E-state index in [0.29, 0.717) is 5.69 Å². The highest BCUT2D eigenvalue weighted by Gasteiger charge is 2.48. The summed E-state index contributed by atoms with van der Waals surface area (Å²) in [5.74, 6) is 1.46. The van der Waals surface area contributed by atoms with Gasteiger partial charge < -0.3 is 5.32 Å². The summed E-state index contributed by atoms with van der Waals surface area (Å²) in [6, 6.07) is 4.05. The lowest BCUT2D eigenvalue weighted by Crippen LogP contribution is -2.22. The predicted octanol–water partition coefficient (Wildman–Crippen LogP) is 1.97. The molecular weight excluding hydrogens is 300 g/mol. The maximum atomic E-state index is 12.1. The molecule has 7 heteroatoms. The summed E-state index contributed by atoms with van der Waals surface area (Å²) in [7, 11) is -3.78. The van der Waals surface area contributed by atoms with Crippen molar-refractivity contribution < 1.29 is 13.2 Å². The maximum Gasteiger partial charge on any atom is 0.238 e. The third-order valence-electron chi connectivity index (χ3n) is 4.14. The predicted molar refractivity (Wildman–Crippen MR) is 75.8 cm³/mol. The summed E-state index contributed by atoms with van der Waals surface area (Å²) in [5.41, 5.74) is 0.421. The van der Waals surface area contributed by atoms with Crippen LogP contribution in [-0.4, -0.2) is 14.3 Å². The van der Waals surface area contributed by atoms with Gasteiger partial charge in [-0.15, -0.1) is 0 Å². The quantitative estimate of drug-likeness (QED) is 0.894. The van der Waals surface area contributed by atoms with E-state index in [1.54, 1.807) is 0 Å². The molecule has 0 spiro atoms. The highest BCUT2D eigenvalue weighted by molar-refractivity contribution is 7.89. The molecule has 3 N–H and O–H groups in total. The highest BCUT2D eigenvalue weighted by atomic mass is 35.5. The summed E-state index contributed by atoms with van der Waals surface area (Å²) in [5, 5.41) is 7.96. The highest BCUT2D eigenvalue weighted by Crippen LogP contribution is 2.54. The molecule has 0 bridgehead atoms. The number of carbonyl (C=O) groups is 1. The van der Waals surface area contributed by atoms with Crippen molar-refractivity contribution in [2.75, 3.05) is 5.32 Å². The smallest absolute Gasteiger partial charge is 0.238 e. The third kappa shape index (κ3) is 2.68. The first-order valence-corrected chi connectivity index (χ1v) is 8.40. The molecule has 0 radical (unpaired) electrons. The first kappa shape index (κ1) is 13.9. The Hall–Kier alpha value is -1.11. The topological polar surface area (TPSA) is 89.3 Å². The number of anilines is 1. The van der Waals surface area contributed by atoms with Gasteiger partial charge in [0.15, 0.2) is 0 Å². The van der Waals surface area contributed by atoms with Crippen LogP contribution in [0, 0.1) is 17.8 Å². The molecule has 2 atom stereocenters. The number of nitrogens with one attached hydrogen (secondary N) is 1. The van der Waals surface area contributed by atoms with Gasteiger partial charge in [0.2, 0.25) is 15.9 Å². The summed E-state index contributed by atoms with van der Waals surface area (Å²) < 4.78 is 22.4. The second-order valence-corrected chi connectivity index (χ2v) is 7.57. The molecule has 108 valence electrons. The van der Waals surface area contributed by atoms with Crippen molar-refractivity contribution in [3.63, 3.8) is 0 Å². The van der Waals surface area contributed by atoms with Gasteiger partial charge in [-0.1, -0.05) is 11.6 Å². The van der Waals surface area contributed by atoms with Crippen LogP contribution in [0.3, 0.4) is 0 Å². The fourth-order valence-corrected chi connectivity index (χ4v) is 3.77. The van der Waals surface area contributed by atoms with Gasteiger partial charge in [-0.25, -0.2) is 13.6 Å². The van der Waals surface area contributed by atoms with Crippen LogP contribution in [0.2, 0.25) is 5.02 Å². The van der Waals surface area contributed by atoms with Crippen LogP contribution in [0.25, 0.3) is 0 Å². The van der Waals surface area contributed by atoms with Crippen molar-refractivity contribution in [3.05, 3.63) is 23.2 Å². The monoisotopic (exact) mass is 314 g/mol. The Morgan fingerprint density at radius 2 is 1.90 bits per heavy atom. The van der Waals surface area contributed by atoms with Crippen molar-refractivity contribution in [1.82, 2.24) is 0 Å². The van der Waals surface area contributed by atoms with Crippen LogP contribution in [-0.2, 0) is 14.8 Å². The van der Waals surface area contributed by atoms with Crippen LogP contribution in [0.5, 0.6) is 0 Å². The molecule has 3 rings (SSSR count). The Balaban J connectivity index is 1.72. The Labute approximate surface area is 122 Å². The minimum absolute atomic E-state index is 0.0394. The number of halogens is 1. The number of amides is 1. The van der Waals surface area contributed by atoms with Crippen molar-refractivity contribution in [2.24, 2.45) is 22.9 Å². The zero-order chi connectivity index (χ0) is 14.5. The lowest BCUT2D eigenvalue weighted by Gasteiger charge is -2.13. The molecule has 5 nitrogen and oxygen atoms in total. The SMILES string of the molecule is NS(=O)(=O)c1ccc(NC(=O)C2CC3CC3C2)c(Cl)c1. The third-order valence-corrected chi connectivity index (χ3v) is 5.37. The zero-order valence-electron chi connectivity index (χ0n) is 10.7. The number of primary sulfonamides is 1. The standard InChI is InChI=1S/C13H15ClN2O3S/c14-11-6-10(20(15,18)19)1-2-12(11)16-13(17)9-4-7-3-8(7)5-9/h1-2,6-9H,3-5H2,(H,16,17)(H2,15,18,19). The molecular formula is C13H15ClN2O3S. The van der Waals surface area contributed by atoms with Crippen molar-refractivity contribution in [2.45, 2.75) is 24.2 Å². The molecule has 20 heavy (non-hydrogen) atoms. The molecule has 0 saturated heterocycles. The Morgan fingerprint density at radius 1 is 1.25 bits per heavy atom. The largest absolute Gasteiger partial charge is 0.325 e. The number of benzene rings is 1. The molecule has 2 aliphatic rings. The number of sulfonamides is 1. The van der Waals surface area contributed by atoms with Crippen molar-refractivity contribution >= 4 is 33.2 Å². The van der Waals surface area contributed by atoms with E-state index >= 15 is 0 Å². The molecule has 2 unspecified atom stereocenters. The molecule has 1 amide bonds. The Kier molecular flexibility index (Phi) is 3.27. The van der Waals surface area contributed by atoms with Gasteiger partial charge in [-0.05, 0) is 49.3 Å². The van der Waals surface area contributed by atoms with E-state index in [-0.39, 0.29) is 21.7 Å². The molecule has 1 aromatic carbocycles. The van der Waals surface area contributed by atoms with E-state index in [0.717, 1.165) is 24.7 Å². The van der Waals surface area contributed by atoms with Gasteiger partial charge in [0.1, 0.15) is 0 Å². The number of fused-ring (bicyclic) bond motifs is 1. The average Bonchev–Trinajstić information content (AvgIpc) is 2.97. The molecule has 1 aromatic rings. The van der Waals surface area contributed by atoms with Gasteiger partial charge in [0.05, 0.1) is 15.6 Å². The zero-order valence-corrected chi connectivity index (χ0v) is 12.2. The van der Waals surface area contributed by atoms with E-state index in [4.69, 9.17) is 16.7 Å². The maximum absolute atomic E-state index is 12.1. The molecule has 2 saturated carbocycles. The summed E-state index contributed by atoms with van der Waals surface area (Å²) in [4.78, 5) is 12.0. The number of nitrogens with two attached hydrogens (primary N) is 1. The summed E-state index contributed by atoms with van der Waals surface area (Å²) in [6.45, 7) is 0.